The number of hydrogen-bond acceptors (Lipinski definition) is 1. The van der Waals surface area contributed by atoms with Gasteiger partial charge in [-0.3, -0.25) is 0 Å². The molecule has 80 valence electrons. The smallest absolute Gasteiger partial charge is 0.107 e. The van der Waals surface area contributed by atoms with Gasteiger partial charge >= 0.3 is 0 Å². The Bertz CT molecular complexity index is 125. The minimum absolute atomic E-state index is 0.0292. The van der Waals surface area contributed by atoms with Crippen molar-refractivity contribution in [1.29, 1.82) is 0 Å². The average molecular weight is 189 g/mol. The highest BCUT2D eigenvalue weighted by atomic mass is 19.1. The average Bonchev–Trinajstić information content (AvgIpc) is 2.05. The highest BCUT2D eigenvalue weighted by Gasteiger charge is 2.27. The predicted molar refractivity (Wildman–Crippen MR) is 56.4 cm³/mol. The molecule has 3 unspecified atom stereocenters. The number of alkyl halides is 1. The normalized spacial score (nSPS) is 18.7. The second-order valence-corrected chi connectivity index (χ2v) is 4.35. The van der Waals surface area contributed by atoms with Gasteiger partial charge in [0.05, 0.1) is 0 Å². The zero-order valence-electron chi connectivity index (χ0n) is 9.39. The first kappa shape index (κ1) is 12.9. The van der Waals surface area contributed by atoms with Crippen molar-refractivity contribution in [2.45, 2.75) is 46.7 Å². The quantitative estimate of drug-likeness (QED) is 0.683. The molecule has 13 heavy (non-hydrogen) atoms. The molecular formula is C11H24FN. The van der Waals surface area contributed by atoms with Crippen LogP contribution in [0, 0.1) is 17.8 Å². The highest BCUT2D eigenvalue weighted by Crippen LogP contribution is 2.25. The van der Waals surface area contributed by atoms with Crippen LogP contribution in [0.3, 0.4) is 0 Å². The van der Waals surface area contributed by atoms with Crippen LogP contribution in [-0.2, 0) is 0 Å². The number of rotatable bonds is 6. The molecule has 0 aliphatic rings. The number of hydrogen-bond donors (Lipinski definition) is 1. The van der Waals surface area contributed by atoms with E-state index in [0.717, 1.165) is 12.8 Å². The van der Waals surface area contributed by atoms with Crippen molar-refractivity contribution < 1.29 is 4.39 Å². The molecule has 0 saturated carbocycles. The Balaban J connectivity index is 4.10. The summed E-state index contributed by atoms with van der Waals surface area (Å²) in [4.78, 5) is 0. The van der Waals surface area contributed by atoms with Crippen molar-refractivity contribution in [3.05, 3.63) is 0 Å². The molecule has 2 N–H and O–H groups in total. The largest absolute Gasteiger partial charge is 0.330 e. The molecule has 2 heteroatoms. The van der Waals surface area contributed by atoms with E-state index in [1.165, 1.54) is 0 Å². The molecule has 0 radical (unpaired) electrons. The highest BCUT2D eigenvalue weighted by molar-refractivity contribution is 4.77. The Morgan fingerprint density at radius 1 is 1.23 bits per heavy atom. The minimum Gasteiger partial charge on any atom is -0.330 e. The molecule has 0 aliphatic carbocycles. The number of halogens is 1. The van der Waals surface area contributed by atoms with Gasteiger partial charge in [-0.1, -0.05) is 34.1 Å². The molecule has 0 spiro atoms. The van der Waals surface area contributed by atoms with E-state index in [1.807, 2.05) is 20.8 Å². The molecule has 0 aromatic heterocycles. The van der Waals surface area contributed by atoms with Crippen LogP contribution in [0.2, 0.25) is 0 Å². The molecule has 0 fully saturated rings. The second-order valence-electron chi connectivity index (χ2n) is 4.35. The Morgan fingerprint density at radius 3 is 2.08 bits per heavy atom. The first-order valence-corrected chi connectivity index (χ1v) is 5.38. The van der Waals surface area contributed by atoms with Gasteiger partial charge in [0.1, 0.15) is 6.17 Å². The van der Waals surface area contributed by atoms with E-state index in [2.05, 4.69) is 6.92 Å². The van der Waals surface area contributed by atoms with Gasteiger partial charge in [0.2, 0.25) is 0 Å². The molecule has 0 saturated heterocycles. The van der Waals surface area contributed by atoms with Crippen LogP contribution >= 0.6 is 0 Å². The summed E-state index contributed by atoms with van der Waals surface area (Å²) in [5.41, 5.74) is 5.57. The Hall–Kier alpha value is -0.110. The Morgan fingerprint density at radius 2 is 1.77 bits per heavy atom. The predicted octanol–water partition coefficient (Wildman–Crippen LogP) is 2.99. The van der Waals surface area contributed by atoms with Gasteiger partial charge in [-0.05, 0) is 24.8 Å². The summed E-state index contributed by atoms with van der Waals surface area (Å²) in [5, 5.41) is 0. The zero-order valence-corrected chi connectivity index (χ0v) is 9.39. The fraction of sp³-hybridized carbons (Fsp3) is 1.00. The summed E-state index contributed by atoms with van der Waals surface area (Å²) < 4.78 is 13.8. The Kier molecular flexibility index (Phi) is 6.31. The zero-order chi connectivity index (χ0) is 10.4. The second kappa shape index (κ2) is 6.36. The van der Waals surface area contributed by atoms with E-state index in [0.29, 0.717) is 12.5 Å². The van der Waals surface area contributed by atoms with Crippen LogP contribution in [-0.4, -0.2) is 12.7 Å². The Labute approximate surface area is 81.9 Å². The van der Waals surface area contributed by atoms with Crippen LogP contribution in [0.25, 0.3) is 0 Å². The van der Waals surface area contributed by atoms with Crippen LogP contribution in [0.1, 0.15) is 40.5 Å². The molecule has 0 heterocycles. The van der Waals surface area contributed by atoms with Gasteiger partial charge in [0.25, 0.3) is 0 Å². The SMILES string of the molecule is CCCC(C)C(F)C(CN)C(C)C. The maximum Gasteiger partial charge on any atom is 0.107 e. The summed E-state index contributed by atoms with van der Waals surface area (Å²) in [6.07, 6.45) is 1.28. The first-order chi connectivity index (χ1) is 6.04. The van der Waals surface area contributed by atoms with Gasteiger partial charge in [0, 0.05) is 5.92 Å². The van der Waals surface area contributed by atoms with Crippen molar-refractivity contribution in [3.63, 3.8) is 0 Å². The summed E-state index contributed by atoms with van der Waals surface area (Å²) in [6.45, 7) is 8.63. The summed E-state index contributed by atoms with van der Waals surface area (Å²) >= 11 is 0. The van der Waals surface area contributed by atoms with E-state index in [1.54, 1.807) is 0 Å². The fourth-order valence-electron chi connectivity index (χ4n) is 1.81. The molecule has 0 rings (SSSR count). The minimum atomic E-state index is -0.732. The first-order valence-electron chi connectivity index (χ1n) is 5.38. The van der Waals surface area contributed by atoms with E-state index in [4.69, 9.17) is 5.73 Å². The summed E-state index contributed by atoms with van der Waals surface area (Å²) in [7, 11) is 0. The van der Waals surface area contributed by atoms with Gasteiger partial charge < -0.3 is 5.73 Å². The molecule has 0 bridgehead atoms. The topological polar surface area (TPSA) is 26.0 Å². The third kappa shape index (κ3) is 4.08. The van der Waals surface area contributed by atoms with Gasteiger partial charge in [0.15, 0.2) is 0 Å². The van der Waals surface area contributed by atoms with Crippen LogP contribution < -0.4 is 5.73 Å². The molecule has 0 aromatic carbocycles. The third-order valence-electron chi connectivity index (χ3n) is 2.83. The maximum absolute atomic E-state index is 13.8. The van der Waals surface area contributed by atoms with Crippen molar-refractivity contribution in [3.8, 4) is 0 Å². The van der Waals surface area contributed by atoms with Gasteiger partial charge in [-0.15, -0.1) is 0 Å². The van der Waals surface area contributed by atoms with Crippen LogP contribution in [0.5, 0.6) is 0 Å². The molecular weight excluding hydrogens is 165 g/mol. The fourth-order valence-corrected chi connectivity index (χ4v) is 1.81. The lowest BCUT2D eigenvalue weighted by atomic mass is 9.83. The van der Waals surface area contributed by atoms with Crippen molar-refractivity contribution >= 4 is 0 Å². The lowest BCUT2D eigenvalue weighted by molar-refractivity contribution is 0.124. The van der Waals surface area contributed by atoms with Crippen molar-refractivity contribution in [2.24, 2.45) is 23.5 Å². The summed E-state index contributed by atoms with van der Waals surface area (Å²) in [5.74, 6) is 0.529. The molecule has 1 nitrogen and oxygen atoms in total. The van der Waals surface area contributed by atoms with Crippen molar-refractivity contribution in [1.82, 2.24) is 0 Å². The number of nitrogens with two attached hydrogens (primary N) is 1. The maximum atomic E-state index is 13.8. The molecule has 0 amide bonds. The van der Waals surface area contributed by atoms with Crippen LogP contribution in [0.15, 0.2) is 0 Å². The van der Waals surface area contributed by atoms with Gasteiger partial charge in [-0.2, -0.15) is 0 Å². The lowest BCUT2D eigenvalue weighted by Gasteiger charge is -2.27. The monoisotopic (exact) mass is 189 g/mol. The van der Waals surface area contributed by atoms with Crippen LogP contribution in [0.4, 0.5) is 4.39 Å². The molecule has 3 atom stereocenters. The molecule has 0 aromatic rings. The van der Waals surface area contributed by atoms with E-state index < -0.39 is 6.17 Å². The standard InChI is InChI=1S/C11H24FN/c1-5-6-9(4)11(12)10(7-13)8(2)3/h8-11H,5-7,13H2,1-4H3. The van der Waals surface area contributed by atoms with E-state index >= 15 is 0 Å². The van der Waals surface area contributed by atoms with Gasteiger partial charge in [-0.25, -0.2) is 4.39 Å². The van der Waals surface area contributed by atoms with E-state index in [-0.39, 0.29) is 11.8 Å². The third-order valence-corrected chi connectivity index (χ3v) is 2.83. The van der Waals surface area contributed by atoms with Crippen molar-refractivity contribution in [2.75, 3.05) is 6.54 Å². The van der Waals surface area contributed by atoms with E-state index in [9.17, 15) is 4.39 Å². The molecule has 0 aliphatic heterocycles. The summed E-state index contributed by atoms with van der Waals surface area (Å²) in [6, 6.07) is 0. The lowest BCUT2D eigenvalue weighted by Crippen LogP contribution is -2.33.